The summed E-state index contributed by atoms with van der Waals surface area (Å²) < 4.78 is 2.40. The minimum absolute atomic E-state index is 0.213. The second-order valence-corrected chi connectivity index (χ2v) is 5.35. The van der Waals surface area contributed by atoms with Crippen LogP contribution >= 0.6 is 27.3 Å². The average molecular weight is 271 g/mol. The molecule has 1 aromatic carbocycles. The molecule has 1 unspecified atom stereocenters. The van der Waals surface area contributed by atoms with E-state index >= 15 is 0 Å². The van der Waals surface area contributed by atoms with E-state index < -0.39 is 0 Å². The third kappa shape index (κ3) is 1.72. The fourth-order valence-electron chi connectivity index (χ4n) is 1.38. The maximum Gasteiger partial charge on any atom is 0.0504 e. The van der Waals surface area contributed by atoms with Gasteiger partial charge in [-0.15, -0.1) is 11.3 Å². The predicted molar refractivity (Wildman–Crippen MR) is 65.0 cm³/mol. The van der Waals surface area contributed by atoms with Crippen molar-refractivity contribution < 1.29 is 5.11 Å². The predicted octanol–water partition coefficient (Wildman–Crippen LogP) is 3.76. The maximum absolute atomic E-state index is 9.08. The minimum atomic E-state index is 0.213. The van der Waals surface area contributed by atoms with E-state index in [0.29, 0.717) is 0 Å². The van der Waals surface area contributed by atoms with Gasteiger partial charge in [-0.2, -0.15) is 0 Å². The number of hydrogen-bond acceptors (Lipinski definition) is 2. The number of fused-ring (bicyclic) bond motifs is 1. The molecule has 0 aliphatic rings. The molecule has 0 aliphatic carbocycles. The summed E-state index contributed by atoms with van der Waals surface area (Å²) >= 11 is 5.28. The SMILES string of the molecule is CC(CO)c1cc2c(Br)cccc2s1. The molecule has 14 heavy (non-hydrogen) atoms. The van der Waals surface area contributed by atoms with Crippen LogP contribution in [-0.4, -0.2) is 11.7 Å². The number of benzene rings is 1. The standard InChI is InChI=1S/C11H11BrOS/c1-7(6-13)11-5-8-9(12)3-2-4-10(8)14-11/h2-5,7,13H,6H2,1H3. The average Bonchev–Trinajstić information content (AvgIpc) is 2.62. The third-order valence-electron chi connectivity index (χ3n) is 2.29. The van der Waals surface area contributed by atoms with Crippen LogP contribution in [0.4, 0.5) is 0 Å². The number of rotatable bonds is 2. The number of aliphatic hydroxyl groups excluding tert-OH is 1. The highest BCUT2D eigenvalue weighted by Gasteiger charge is 2.09. The summed E-state index contributed by atoms with van der Waals surface area (Å²) in [6.45, 7) is 2.25. The van der Waals surface area contributed by atoms with E-state index in [2.05, 4.69) is 28.1 Å². The maximum atomic E-state index is 9.08. The van der Waals surface area contributed by atoms with E-state index in [-0.39, 0.29) is 12.5 Å². The molecule has 2 aromatic rings. The van der Waals surface area contributed by atoms with Gasteiger partial charge < -0.3 is 5.11 Å². The summed E-state index contributed by atoms with van der Waals surface area (Å²) in [5.74, 6) is 0.235. The molecule has 1 nitrogen and oxygen atoms in total. The number of thiophene rings is 1. The summed E-state index contributed by atoms with van der Waals surface area (Å²) in [6, 6.07) is 8.35. The van der Waals surface area contributed by atoms with Gasteiger partial charge in [0.25, 0.3) is 0 Å². The first kappa shape index (κ1) is 10.1. The van der Waals surface area contributed by atoms with Gasteiger partial charge in [-0.05, 0) is 18.2 Å². The van der Waals surface area contributed by atoms with Gasteiger partial charge in [-0.25, -0.2) is 0 Å². The quantitative estimate of drug-likeness (QED) is 0.881. The molecule has 0 aliphatic heterocycles. The molecule has 0 fully saturated rings. The third-order valence-corrected chi connectivity index (χ3v) is 4.31. The Bertz CT molecular complexity index is 449. The first-order valence-corrected chi connectivity index (χ1v) is 6.12. The van der Waals surface area contributed by atoms with Gasteiger partial charge in [-0.1, -0.05) is 28.9 Å². The zero-order valence-corrected chi connectivity index (χ0v) is 10.2. The molecule has 0 saturated carbocycles. The topological polar surface area (TPSA) is 20.2 Å². The van der Waals surface area contributed by atoms with Crippen molar-refractivity contribution in [3.63, 3.8) is 0 Å². The summed E-state index contributed by atoms with van der Waals surface area (Å²) in [4.78, 5) is 1.24. The van der Waals surface area contributed by atoms with Gasteiger partial charge in [0, 0.05) is 25.4 Å². The summed E-state index contributed by atoms with van der Waals surface area (Å²) in [5.41, 5.74) is 0. The Hall–Kier alpha value is -0.380. The van der Waals surface area contributed by atoms with Crippen molar-refractivity contribution in [2.45, 2.75) is 12.8 Å². The van der Waals surface area contributed by atoms with Gasteiger partial charge in [0.15, 0.2) is 0 Å². The van der Waals surface area contributed by atoms with Crippen molar-refractivity contribution in [3.05, 3.63) is 33.6 Å². The van der Waals surface area contributed by atoms with Crippen LogP contribution in [0.1, 0.15) is 17.7 Å². The highest BCUT2D eigenvalue weighted by molar-refractivity contribution is 9.10. The Kier molecular flexibility index (Phi) is 2.91. The van der Waals surface area contributed by atoms with Crippen molar-refractivity contribution in [1.82, 2.24) is 0 Å². The van der Waals surface area contributed by atoms with Gasteiger partial charge in [-0.3, -0.25) is 0 Å². The lowest BCUT2D eigenvalue weighted by Gasteiger charge is -2.01. The van der Waals surface area contributed by atoms with Crippen LogP contribution in [0.3, 0.4) is 0 Å². The Balaban J connectivity index is 2.56. The second-order valence-electron chi connectivity index (χ2n) is 3.38. The first-order valence-electron chi connectivity index (χ1n) is 4.51. The van der Waals surface area contributed by atoms with Gasteiger partial charge in [0.2, 0.25) is 0 Å². The van der Waals surface area contributed by atoms with Crippen LogP contribution in [0, 0.1) is 0 Å². The van der Waals surface area contributed by atoms with Crippen molar-refractivity contribution in [2.75, 3.05) is 6.61 Å². The van der Waals surface area contributed by atoms with Crippen LogP contribution in [0.2, 0.25) is 0 Å². The molecule has 0 spiro atoms. The van der Waals surface area contributed by atoms with Gasteiger partial charge >= 0.3 is 0 Å². The summed E-state index contributed by atoms with van der Waals surface area (Å²) in [5, 5.41) is 10.3. The molecule has 1 atom stereocenters. The number of aliphatic hydroxyl groups is 1. The lowest BCUT2D eigenvalue weighted by molar-refractivity contribution is 0.274. The largest absolute Gasteiger partial charge is 0.396 e. The van der Waals surface area contributed by atoms with Gasteiger partial charge in [0.05, 0.1) is 6.61 Å². The molecular weight excluding hydrogens is 260 g/mol. The molecular formula is C11H11BrOS. The van der Waals surface area contributed by atoms with Crippen molar-refractivity contribution in [3.8, 4) is 0 Å². The molecule has 74 valence electrons. The highest BCUT2D eigenvalue weighted by Crippen LogP contribution is 2.34. The second kappa shape index (κ2) is 4.01. The molecule has 2 rings (SSSR count). The zero-order chi connectivity index (χ0) is 10.1. The fourth-order valence-corrected chi connectivity index (χ4v) is 3.12. The molecule has 1 aromatic heterocycles. The molecule has 1 heterocycles. The van der Waals surface area contributed by atoms with Crippen molar-refractivity contribution in [2.24, 2.45) is 0 Å². The van der Waals surface area contributed by atoms with E-state index in [1.807, 2.05) is 19.1 Å². The van der Waals surface area contributed by atoms with Crippen LogP contribution in [0.25, 0.3) is 10.1 Å². The van der Waals surface area contributed by atoms with E-state index in [1.54, 1.807) is 11.3 Å². The lowest BCUT2D eigenvalue weighted by atomic mass is 10.1. The van der Waals surface area contributed by atoms with Crippen LogP contribution in [0.15, 0.2) is 28.7 Å². The Morgan fingerprint density at radius 1 is 1.50 bits per heavy atom. The Morgan fingerprint density at radius 3 is 2.93 bits per heavy atom. The molecule has 3 heteroatoms. The van der Waals surface area contributed by atoms with Gasteiger partial charge in [0.1, 0.15) is 0 Å². The monoisotopic (exact) mass is 270 g/mol. The fraction of sp³-hybridized carbons (Fsp3) is 0.273. The number of halogens is 1. The molecule has 0 amide bonds. The van der Waals surface area contributed by atoms with Crippen molar-refractivity contribution in [1.29, 1.82) is 0 Å². The Labute approximate surface area is 95.5 Å². The normalized spacial score (nSPS) is 13.4. The van der Waals surface area contributed by atoms with Crippen LogP contribution in [-0.2, 0) is 0 Å². The molecule has 0 bridgehead atoms. The van der Waals surface area contributed by atoms with E-state index in [1.165, 1.54) is 15.0 Å². The molecule has 0 radical (unpaired) electrons. The van der Waals surface area contributed by atoms with Crippen LogP contribution < -0.4 is 0 Å². The van der Waals surface area contributed by atoms with E-state index in [9.17, 15) is 0 Å². The Morgan fingerprint density at radius 2 is 2.29 bits per heavy atom. The minimum Gasteiger partial charge on any atom is -0.396 e. The number of hydrogen-bond donors (Lipinski definition) is 1. The first-order chi connectivity index (χ1) is 6.72. The van der Waals surface area contributed by atoms with E-state index in [4.69, 9.17) is 5.11 Å². The highest BCUT2D eigenvalue weighted by atomic mass is 79.9. The van der Waals surface area contributed by atoms with Crippen molar-refractivity contribution >= 4 is 37.4 Å². The van der Waals surface area contributed by atoms with Crippen LogP contribution in [0.5, 0.6) is 0 Å². The molecule has 0 saturated heterocycles. The molecule has 1 N–H and O–H groups in total. The van der Waals surface area contributed by atoms with E-state index in [0.717, 1.165) is 4.47 Å². The smallest absolute Gasteiger partial charge is 0.0504 e. The zero-order valence-electron chi connectivity index (χ0n) is 7.83. The summed E-state index contributed by atoms with van der Waals surface area (Å²) in [6.07, 6.45) is 0. The lowest BCUT2D eigenvalue weighted by Crippen LogP contribution is -1.94. The summed E-state index contributed by atoms with van der Waals surface area (Å²) in [7, 11) is 0.